The zero-order valence-corrected chi connectivity index (χ0v) is 12.2. The molecule has 3 aromatic rings. The quantitative estimate of drug-likeness (QED) is 0.698. The lowest BCUT2D eigenvalue weighted by Crippen LogP contribution is -2.21. The molecule has 0 amide bonds. The number of nitrogens with zero attached hydrogens (tertiary/aromatic N) is 3. The van der Waals surface area contributed by atoms with E-state index in [9.17, 15) is 9.59 Å². The molecule has 0 aliphatic rings. The van der Waals surface area contributed by atoms with Gasteiger partial charge in [-0.2, -0.15) is 4.68 Å². The third kappa shape index (κ3) is 1.97. The van der Waals surface area contributed by atoms with Crippen molar-refractivity contribution in [3.8, 4) is 5.95 Å². The van der Waals surface area contributed by atoms with Gasteiger partial charge in [-0.15, -0.1) is 0 Å². The fraction of sp³-hybridized carbons (Fsp3) is 0.286. The average Bonchev–Trinajstić information content (AvgIpc) is 2.72. The molecule has 0 spiro atoms. The van der Waals surface area contributed by atoms with Crippen molar-refractivity contribution < 1.29 is 0 Å². The molecule has 7 heteroatoms. The van der Waals surface area contributed by atoms with Crippen LogP contribution in [-0.2, 0) is 0 Å². The van der Waals surface area contributed by atoms with Gasteiger partial charge in [0.15, 0.2) is 5.43 Å². The summed E-state index contributed by atoms with van der Waals surface area (Å²) >= 11 is 0. The van der Waals surface area contributed by atoms with Crippen molar-refractivity contribution in [2.45, 2.75) is 27.7 Å². The maximum Gasteiger partial charge on any atom is 0.287 e. The van der Waals surface area contributed by atoms with Crippen LogP contribution < -0.4 is 11.0 Å². The number of hydrogen-bond acceptors (Lipinski definition) is 4. The SMILES string of the molecule is Cc1cc(C)nc(-n2[nH]c3[nH]c(C)c(C)c(=O)c3c2=O)n1. The fourth-order valence-corrected chi connectivity index (χ4v) is 2.33. The first kappa shape index (κ1) is 13.3. The molecule has 0 atom stereocenters. The second-order valence-electron chi connectivity index (χ2n) is 5.16. The van der Waals surface area contributed by atoms with Crippen LogP contribution in [0.2, 0.25) is 0 Å². The van der Waals surface area contributed by atoms with Gasteiger partial charge in [0.05, 0.1) is 0 Å². The third-order valence-corrected chi connectivity index (χ3v) is 3.50. The summed E-state index contributed by atoms with van der Waals surface area (Å²) in [4.78, 5) is 36.2. The average molecular weight is 285 g/mol. The molecule has 0 aliphatic heterocycles. The van der Waals surface area contributed by atoms with Crippen molar-refractivity contribution in [2.24, 2.45) is 0 Å². The number of pyridine rings is 1. The maximum absolute atomic E-state index is 12.5. The molecule has 0 aliphatic carbocycles. The summed E-state index contributed by atoms with van der Waals surface area (Å²) in [7, 11) is 0. The predicted octanol–water partition coefficient (Wildman–Crippen LogP) is 1.03. The minimum absolute atomic E-state index is 0.0980. The molecule has 3 aromatic heterocycles. The highest BCUT2D eigenvalue weighted by Gasteiger charge is 2.16. The largest absolute Gasteiger partial charge is 0.343 e. The summed E-state index contributed by atoms with van der Waals surface area (Å²) in [6.07, 6.45) is 0. The summed E-state index contributed by atoms with van der Waals surface area (Å²) in [5.74, 6) is 0.233. The first-order chi connectivity index (χ1) is 9.88. The van der Waals surface area contributed by atoms with Crippen molar-refractivity contribution >= 4 is 11.0 Å². The predicted molar refractivity (Wildman–Crippen MR) is 79.1 cm³/mol. The highest BCUT2D eigenvalue weighted by molar-refractivity contribution is 5.75. The second-order valence-corrected chi connectivity index (χ2v) is 5.16. The van der Waals surface area contributed by atoms with Gasteiger partial charge in [-0.05, 0) is 33.8 Å². The Morgan fingerprint density at radius 2 is 1.67 bits per heavy atom. The number of hydrogen-bond donors (Lipinski definition) is 2. The van der Waals surface area contributed by atoms with E-state index in [4.69, 9.17) is 0 Å². The van der Waals surface area contributed by atoms with Gasteiger partial charge in [0.2, 0.25) is 0 Å². The molecule has 2 N–H and O–H groups in total. The Hall–Kier alpha value is -2.70. The van der Waals surface area contributed by atoms with Gasteiger partial charge in [-0.25, -0.2) is 9.97 Å². The number of fused-ring (bicyclic) bond motifs is 1. The topological polar surface area (TPSA) is 96.4 Å². The fourth-order valence-electron chi connectivity index (χ4n) is 2.33. The van der Waals surface area contributed by atoms with Gasteiger partial charge in [0.1, 0.15) is 11.0 Å². The Kier molecular flexibility index (Phi) is 2.79. The molecule has 0 radical (unpaired) electrons. The zero-order valence-electron chi connectivity index (χ0n) is 12.2. The molecule has 0 saturated carbocycles. The monoisotopic (exact) mass is 285 g/mol. The number of aromatic nitrogens is 5. The lowest BCUT2D eigenvalue weighted by molar-refractivity contribution is 0.777. The molecule has 108 valence electrons. The summed E-state index contributed by atoms with van der Waals surface area (Å²) in [6, 6.07) is 1.82. The number of nitrogens with one attached hydrogen (secondary N) is 2. The smallest absolute Gasteiger partial charge is 0.287 e. The molecule has 0 aromatic carbocycles. The van der Waals surface area contributed by atoms with Gasteiger partial charge in [-0.3, -0.25) is 14.7 Å². The Morgan fingerprint density at radius 1 is 1.05 bits per heavy atom. The Balaban J connectivity index is 2.40. The standard InChI is InChI=1S/C14H15N5O2/c1-6-5-7(2)16-14(15-6)19-13(21)10-11(20)8(3)9(4)17-12(10)18-19/h5H,1-4H3,(H2,17,18,20). The van der Waals surface area contributed by atoms with E-state index < -0.39 is 5.56 Å². The number of aromatic amines is 2. The highest BCUT2D eigenvalue weighted by atomic mass is 16.1. The van der Waals surface area contributed by atoms with Crippen LogP contribution in [0.3, 0.4) is 0 Å². The molecule has 0 fully saturated rings. The molecule has 3 rings (SSSR count). The summed E-state index contributed by atoms with van der Waals surface area (Å²) in [5.41, 5.74) is 2.43. The van der Waals surface area contributed by atoms with Crippen LogP contribution in [0, 0.1) is 27.7 Å². The molecule has 0 bridgehead atoms. The van der Waals surface area contributed by atoms with E-state index in [0.29, 0.717) is 11.2 Å². The third-order valence-electron chi connectivity index (χ3n) is 3.50. The van der Waals surface area contributed by atoms with Gasteiger partial charge in [-0.1, -0.05) is 0 Å². The molecular weight excluding hydrogens is 270 g/mol. The minimum atomic E-state index is -0.445. The van der Waals surface area contributed by atoms with E-state index in [-0.39, 0.29) is 16.8 Å². The molecule has 3 heterocycles. The van der Waals surface area contributed by atoms with Crippen LogP contribution in [0.1, 0.15) is 22.6 Å². The summed E-state index contributed by atoms with van der Waals surface area (Å²) in [5, 5.41) is 2.97. The molecule has 7 nitrogen and oxygen atoms in total. The number of H-pyrrole nitrogens is 2. The van der Waals surface area contributed by atoms with Gasteiger partial charge < -0.3 is 4.98 Å². The van der Waals surface area contributed by atoms with E-state index in [1.54, 1.807) is 13.8 Å². The van der Waals surface area contributed by atoms with Crippen LogP contribution in [0.25, 0.3) is 17.0 Å². The lowest BCUT2D eigenvalue weighted by atomic mass is 10.2. The van der Waals surface area contributed by atoms with Crippen molar-refractivity contribution in [1.82, 2.24) is 24.7 Å². The number of aryl methyl sites for hydroxylation is 3. The summed E-state index contributed by atoms with van der Waals surface area (Å²) < 4.78 is 1.20. The van der Waals surface area contributed by atoms with E-state index in [1.807, 2.05) is 19.9 Å². The van der Waals surface area contributed by atoms with Crippen molar-refractivity contribution in [2.75, 3.05) is 0 Å². The van der Waals surface area contributed by atoms with E-state index in [1.165, 1.54) is 4.68 Å². The zero-order chi connectivity index (χ0) is 15.3. The maximum atomic E-state index is 12.5. The molecule has 21 heavy (non-hydrogen) atoms. The van der Waals surface area contributed by atoms with Crippen LogP contribution in [0.4, 0.5) is 0 Å². The van der Waals surface area contributed by atoms with Gasteiger partial charge in [0.25, 0.3) is 11.5 Å². The van der Waals surface area contributed by atoms with E-state index in [0.717, 1.165) is 17.1 Å². The first-order valence-electron chi connectivity index (χ1n) is 6.55. The molecule has 0 unspecified atom stereocenters. The second kappa shape index (κ2) is 4.41. The Morgan fingerprint density at radius 3 is 2.29 bits per heavy atom. The van der Waals surface area contributed by atoms with Crippen LogP contribution >= 0.6 is 0 Å². The number of rotatable bonds is 1. The first-order valence-corrected chi connectivity index (χ1v) is 6.55. The Bertz CT molecular complexity index is 957. The minimum Gasteiger partial charge on any atom is -0.343 e. The normalized spacial score (nSPS) is 11.2. The van der Waals surface area contributed by atoms with Crippen LogP contribution in [0.15, 0.2) is 15.7 Å². The van der Waals surface area contributed by atoms with Crippen molar-refractivity contribution in [3.05, 3.63) is 49.3 Å². The lowest BCUT2D eigenvalue weighted by Gasteiger charge is -2.02. The Labute approximate surface area is 119 Å². The van der Waals surface area contributed by atoms with E-state index in [2.05, 4.69) is 20.1 Å². The van der Waals surface area contributed by atoms with Gasteiger partial charge >= 0.3 is 0 Å². The van der Waals surface area contributed by atoms with Crippen LogP contribution in [-0.4, -0.2) is 24.7 Å². The highest BCUT2D eigenvalue weighted by Crippen LogP contribution is 2.08. The van der Waals surface area contributed by atoms with Crippen molar-refractivity contribution in [3.63, 3.8) is 0 Å². The van der Waals surface area contributed by atoms with Crippen LogP contribution in [0.5, 0.6) is 0 Å². The van der Waals surface area contributed by atoms with E-state index >= 15 is 0 Å². The molecular formula is C14H15N5O2. The summed E-state index contributed by atoms with van der Waals surface area (Å²) in [6.45, 7) is 7.13. The van der Waals surface area contributed by atoms with Crippen molar-refractivity contribution in [1.29, 1.82) is 0 Å². The van der Waals surface area contributed by atoms with Gasteiger partial charge in [0, 0.05) is 22.6 Å². The molecule has 0 saturated heterocycles.